The van der Waals surface area contributed by atoms with Crippen molar-refractivity contribution >= 4 is 28.5 Å². The molecule has 0 amide bonds. The molecular formula is C23H21ClFN5. The van der Waals surface area contributed by atoms with Crippen molar-refractivity contribution < 1.29 is 4.39 Å². The van der Waals surface area contributed by atoms with Crippen LogP contribution in [0.3, 0.4) is 0 Å². The monoisotopic (exact) mass is 421 g/mol. The summed E-state index contributed by atoms with van der Waals surface area (Å²) in [6.45, 7) is 3.68. The Morgan fingerprint density at radius 3 is 2.80 bits per heavy atom. The summed E-state index contributed by atoms with van der Waals surface area (Å²) in [5.74, 6) is 0.400. The maximum Gasteiger partial charge on any atom is 0.226 e. The van der Waals surface area contributed by atoms with Gasteiger partial charge in [0.05, 0.1) is 11.4 Å². The third-order valence-corrected chi connectivity index (χ3v) is 5.94. The van der Waals surface area contributed by atoms with Crippen molar-refractivity contribution in [2.75, 3.05) is 11.9 Å². The van der Waals surface area contributed by atoms with Crippen LogP contribution in [-0.4, -0.2) is 26.4 Å². The lowest BCUT2D eigenvalue weighted by atomic mass is 9.89. The molecule has 0 aliphatic carbocycles. The molecule has 0 bridgehead atoms. The van der Waals surface area contributed by atoms with Gasteiger partial charge in [-0.1, -0.05) is 36.4 Å². The minimum atomic E-state index is -0.239. The van der Waals surface area contributed by atoms with Crippen LogP contribution in [0.15, 0.2) is 60.8 Å². The molecule has 152 valence electrons. The Morgan fingerprint density at radius 2 is 1.97 bits per heavy atom. The number of aromatic amines is 1. The van der Waals surface area contributed by atoms with Crippen molar-refractivity contribution in [3.63, 3.8) is 0 Å². The molecule has 0 saturated carbocycles. The van der Waals surface area contributed by atoms with Gasteiger partial charge in [-0.15, -0.1) is 0 Å². The summed E-state index contributed by atoms with van der Waals surface area (Å²) in [6, 6.07) is 17.4. The molecule has 2 aromatic carbocycles. The highest BCUT2D eigenvalue weighted by Gasteiger charge is 2.31. The first kappa shape index (κ1) is 19.0. The number of aromatic nitrogens is 3. The zero-order valence-electron chi connectivity index (χ0n) is 16.4. The zero-order chi connectivity index (χ0) is 20.7. The maximum atomic E-state index is 14.2. The molecule has 5 nitrogen and oxygen atoms in total. The van der Waals surface area contributed by atoms with Gasteiger partial charge in [0.1, 0.15) is 17.3 Å². The average Bonchev–Trinajstić information content (AvgIpc) is 3.20. The van der Waals surface area contributed by atoms with Gasteiger partial charge >= 0.3 is 0 Å². The fourth-order valence-corrected chi connectivity index (χ4v) is 4.42. The van der Waals surface area contributed by atoms with Crippen molar-refractivity contribution in [2.45, 2.75) is 25.6 Å². The highest BCUT2D eigenvalue weighted by molar-refractivity contribution is 6.28. The Bertz CT molecular complexity index is 1190. The third kappa shape index (κ3) is 3.53. The van der Waals surface area contributed by atoms with Gasteiger partial charge in [0.15, 0.2) is 0 Å². The second-order valence-electron chi connectivity index (χ2n) is 7.64. The van der Waals surface area contributed by atoms with Gasteiger partial charge < -0.3 is 10.3 Å². The molecule has 2 aromatic heterocycles. The summed E-state index contributed by atoms with van der Waals surface area (Å²) < 4.78 is 14.2. The SMILES string of the molecule is C[C@H]1c2ccc(F)cc2[C@@H](Nc2nc(Cl)nc3[nH]ccc23)CN1Cc1ccccc1. The van der Waals surface area contributed by atoms with Crippen molar-refractivity contribution in [3.8, 4) is 0 Å². The van der Waals surface area contributed by atoms with Gasteiger partial charge in [-0.05, 0) is 53.4 Å². The van der Waals surface area contributed by atoms with E-state index in [-0.39, 0.29) is 23.2 Å². The van der Waals surface area contributed by atoms with Gasteiger partial charge in [0.25, 0.3) is 0 Å². The predicted molar refractivity (Wildman–Crippen MR) is 117 cm³/mol. The Hall–Kier alpha value is -2.96. The fourth-order valence-electron chi connectivity index (χ4n) is 4.25. The van der Waals surface area contributed by atoms with E-state index < -0.39 is 0 Å². The highest BCUT2D eigenvalue weighted by atomic mass is 35.5. The summed E-state index contributed by atoms with van der Waals surface area (Å²) >= 11 is 6.13. The Labute approximate surface area is 178 Å². The van der Waals surface area contributed by atoms with Gasteiger partial charge in [-0.3, -0.25) is 4.90 Å². The quantitative estimate of drug-likeness (QED) is 0.428. The number of anilines is 1. The molecule has 1 aliphatic heterocycles. The Balaban J connectivity index is 1.53. The van der Waals surface area contributed by atoms with Crippen LogP contribution in [0.1, 0.15) is 35.7 Å². The number of hydrogen-bond acceptors (Lipinski definition) is 4. The maximum absolute atomic E-state index is 14.2. The Kier molecular flexibility index (Phi) is 4.89. The van der Waals surface area contributed by atoms with Crippen molar-refractivity contribution in [3.05, 3.63) is 88.6 Å². The first-order chi connectivity index (χ1) is 14.6. The van der Waals surface area contributed by atoms with Crippen LogP contribution >= 0.6 is 11.6 Å². The molecule has 2 atom stereocenters. The number of hydrogen-bond donors (Lipinski definition) is 2. The van der Waals surface area contributed by atoms with Crippen LogP contribution in [0.25, 0.3) is 11.0 Å². The van der Waals surface area contributed by atoms with Gasteiger partial charge in [0, 0.05) is 25.3 Å². The summed E-state index contributed by atoms with van der Waals surface area (Å²) in [6.07, 6.45) is 1.80. The zero-order valence-corrected chi connectivity index (χ0v) is 17.2. The van der Waals surface area contributed by atoms with E-state index in [0.29, 0.717) is 18.0 Å². The lowest BCUT2D eigenvalue weighted by Crippen LogP contribution is -2.39. The molecule has 7 heteroatoms. The Morgan fingerprint density at radius 1 is 1.13 bits per heavy atom. The fraction of sp³-hybridized carbons (Fsp3) is 0.217. The number of rotatable bonds is 4. The largest absolute Gasteiger partial charge is 0.361 e. The van der Waals surface area contributed by atoms with Crippen molar-refractivity contribution in [1.82, 2.24) is 19.9 Å². The molecule has 0 fully saturated rings. The van der Waals surface area contributed by atoms with Gasteiger partial charge in [-0.25, -0.2) is 9.37 Å². The lowest BCUT2D eigenvalue weighted by Gasteiger charge is -2.40. The standard InChI is InChI=1S/C23H21ClFN5/c1-14-17-8-7-16(25)11-19(17)20(13-30(14)12-15-5-3-2-4-6-15)27-22-18-9-10-26-21(18)28-23(24)29-22/h2-11,14,20H,12-13H2,1H3,(H2,26,27,28,29)/t14-,20-/m0/s1. The number of nitrogens with zero attached hydrogens (tertiary/aromatic N) is 3. The highest BCUT2D eigenvalue weighted by Crippen LogP contribution is 2.38. The van der Waals surface area contributed by atoms with Crippen LogP contribution in [0.4, 0.5) is 10.2 Å². The van der Waals surface area contributed by atoms with Gasteiger partial charge in [-0.2, -0.15) is 4.98 Å². The second kappa shape index (κ2) is 7.70. The van der Waals surface area contributed by atoms with Crippen LogP contribution < -0.4 is 5.32 Å². The van der Waals surface area contributed by atoms with Gasteiger partial charge in [0.2, 0.25) is 5.28 Å². The first-order valence-corrected chi connectivity index (χ1v) is 10.3. The van der Waals surface area contributed by atoms with Crippen LogP contribution in [0.2, 0.25) is 5.28 Å². The van der Waals surface area contributed by atoms with E-state index in [1.807, 2.05) is 18.2 Å². The van der Waals surface area contributed by atoms with Crippen molar-refractivity contribution in [1.29, 1.82) is 0 Å². The molecule has 30 heavy (non-hydrogen) atoms. The summed E-state index contributed by atoms with van der Waals surface area (Å²) in [7, 11) is 0. The lowest BCUT2D eigenvalue weighted by molar-refractivity contribution is 0.176. The molecule has 5 rings (SSSR count). The minimum absolute atomic E-state index is 0.139. The predicted octanol–water partition coefficient (Wildman–Crippen LogP) is 5.48. The third-order valence-electron chi connectivity index (χ3n) is 5.77. The number of nitrogens with one attached hydrogen (secondary N) is 2. The molecule has 0 radical (unpaired) electrons. The smallest absolute Gasteiger partial charge is 0.226 e. The molecule has 4 aromatic rings. The van der Waals surface area contributed by atoms with E-state index in [4.69, 9.17) is 11.6 Å². The molecule has 0 unspecified atom stereocenters. The molecule has 0 saturated heterocycles. The average molecular weight is 422 g/mol. The normalized spacial score (nSPS) is 19.0. The van der Waals surface area contributed by atoms with E-state index in [9.17, 15) is 4.39 Å². The van der Waals surface area contributed by atoms with Crippen LogP contribution in [0.5, 0.6) is 0 Å². The van der Waals surface area contributed by atoms with E-state index in [0.717, 1.165) is 23.1 Å². The van der Waals surface area contributed by atoms with E-state index in [2.05, 4.69) is 56.4 Å². The minimum Gasteiger partial charge on any atom is -0.361 e. The second-order valence-corrected chi connectivity index (χ2v) is 7.98. The molecule has 2 N–H and O–H groups in total. The number of fused-ring (bicyclic) bond motifs is 2. The number of benzene rings is 2. The van der Waals surface area contributed by atoms with E-state index in [1.54, 1.807) is 12.3 Å². The molecule has 0 spiro atoms. The summed E-state index contributed by atoms with van der Waals surface area (Å²) in [4.78, 5) is 14.1. The summed E-state index contributed by atoms with van der Waals surface area (Å²) in [5, 5.41) is 4.52. The number of halogens is 2. The number of H-pyrrole nitrogens is 1. The molecule has 1 aliphatic rings. The molecule has 3 heterocycles. The van der Waals surface area contributed by atoms with Crippen LogP contribution in [-0.2, 0) is 6.54 Å². The van der Waals surface area contributed by atoms with E-state index in [1.165, 1.54) is 11.6 Å². The van der Waals surface area contributed by atoms with Crippen LogP contribution in [0, 0.1) is 5.82 Å². The molecular weight excluding hydrogens is 401 g/mol. The topological polar surface area (TPSA) is 56.8 Å². The van der Waals surface area contributed by atoms with Crippen molar-refractivity contribution in [2.24, 2.45) is 0 Å². The first-order valence-electron chi connectivity index (χ1n) is 9.93. The summed E-state index contributed by atoms with van der Waals surface area (Å²) in [5.41, 5.74) is 3.97. The van der Waals surface area contributed by atoms with E-state index >= 15 is 0 Å².